The number of ether oxygens (including phenoxy) is 2. The Morgan fingerprint density at radius 3 is 2.40 bits per heavy atom. The van der Waals surface area contributed by atoms with Crippen molar-refractivity contribution in [3.8, 4) is 22.8 Å². The van der Waals surface area contributed by atoms with Gasteiger partial charge >= 0.3 is 0 Å². The van der Waals surface area contributed by atoms with E-state index in [2.05, 4.69) is 20.2 Å². The number of H-pyrrole nitrogens is 1. The van der Waals surface area contributed by atoms with Crippen LogP contribution in [0.15, 0.2) is 24.4 Å². The zero-order chi connectivity index (χ0) is 14.1. The monoisotopic (exact) mass is 271 g/mol. The Kier molecular flexibility index (Phi) is 2.86. The van der Waals surface area contributed by atoms with Crippen LogP contribution in [0.5, 0.6) is 11.5 Å². The van der Waals surface area contributed by atoms with E-state index in [0.29, 0.717) is 22.8 Å². The maximum atomic E-state index is 5.73. The van der Waals surface area contributed by atoms with Crippen molar-refractivity contribution in [2.24, 2.45) is 0 Å². The molecule has 2 heterocycles. The molecule has 3 N–H and O–H groups in total. The van der Waals surface area contributed by atoms with Gasteiger partial charge in [-0.05, 0) is 12.1 Å². The minimum absolute atomic E-state index is 0.179. The summed E-state index contributed by atoms with van der Waals surface area (Å²) in [5.74, 6) is 1.53. The van der Waals surface area contributed by atoms with E-state index < -0.39 is 0 Å². The van der Waals surface area contributed by atoms with Crippen LogP contribution in [-0.4, -0.2) is 34.4 Å². The summed E-state index contributed by atoms with van der Waals surface area (Å²) in [4.78, 5) is 8.38. The smallest absolute Gasteiger partial charge is 0.222 e. The third-order valence-corrected chi connectivity index (χ3v) is 2.95. The van der Waals surface area contributed by atoms with Crippen LogP contribution >= 0.6 is 0 Å². The van der Waals surface area contributed by atoms with Gasteiger partial charge in [0.05, 0.1) is 31.5 Å². The van der Waals surface area contributed by atoms with Crippen molar-refractivity contribution in [3.63, 3.8) is 0 Å². The van der Waals surface area contributed by atoms with E-state index >= 15 is 0 Å². The highest BCUT2D eigenvalue weighted by Gasteiger charge is 2.12. The molecule has 0 aliphatic rings. The van der Waals surface area contributed by atoms with E-state index in [1.165, 1.54) is 0 Å². The van der Waals surface area contributed by atoms with Gasteiger partial charge < -0.3 is 15.2 Å². The molecule has 102 valence electrons. The number of aromatic nitrogens is 4. The standard InChI is InChI=1S/C13H13N5O2/c1-19-8-3-7(4-9(5-8)20-2)11-10-6-15-18-12(10)17-13(14)16-11/h3-6H,1-2H3,(H3,14,15,16,17,18). The highest BCUT2D eigenvalue weighted by molar-refractivity contribution is 5.91. The van der Waals surface area contributed by atoms with E-state index in [1.807, 2.05) is 12.1 Å². The lowest BCUT2D eigenvalue weighted by Gasteiger charge is -2.09. The van der Waals surface area contributed by atoms with Crippen LogP contribution in [0.25, 0.3) is 22.3 Å². The Balaban J connectivity index is 2.26. The summed E-state index contributed by atoms with van der Waals surface area (Å²) >= 11 is 0. The maximum absolute atomic E-state index is 5.73. The fourth-order valence-corrected chi connectivity index (χ4v) is 2.02. The Morgan fingerprint density at radius 2 is 1.75 bits per heavy atom. The number of nitrogens with two attached hydrogens (primary N) is 1. The Morgan fingerprint density at radius 1 is 1.05 bits per heavy atom. The third kappa shape index (κ3) is 1.99. The van der Waals surface area contributed by atoms with Gasteiger partial charge in [-0.25, -0.2) is 4.98 Å². The van der Waals surface area contributed by atoms with Crippen molar-refractivity contribution in [2.45, 2.75) is 0 Å². The van der Waals surface area contributed by atoms with Gasteiger partial charge in [-0.1, -0.05) is 0 Å². The largest absolute Gasteiger partial charge is 0.497 e. The highest BCUT2D eigenvalue weighted by Crippen LogP contribution is 2.32. The van der Waals surface area contributed by atoms with E-state index in [9.17, 15) is 0 Å². The number of hydrogen-bond donors (Lipinski definition) is 2. The molecular formula is C13H13N5O2. The topological polar surface area (TPSA) is 98.9 Å². The third-order valence-electron chi connectivity index (χ3n) is 2.95. The molecule has 3 aromatic rings. The van der Waals surface area contributed by atoms with Crippen LogP contribution in [-0.2, 0) is 0 Å². The molecule has 0 spiro atoms. The number of aromatic amines is 1. The summed E-state index contributed by atoms with van der Waals surface area (Å²) in [6.07, 6.45) is 1.66. The molecule has 0 saturated heterocycles. The second-order valence-electron chi connectivity index (χ2n) is 4.16. The molecule has 0 radical (unpaired) electrons. The van der Waals surface area contributed by atoms with E-state index in [4.69, 9.17) is 15.2 Å². The van der Waals surface area contributed by atoms with E-state index in [0.717, 1.165) is 10.9 Å². The Labute approximate surface area is 114 Å². The number of nitrogen functional groups attached to an aromatic ring is 1. The first kappa shape index (κ1) is 12.2. The maximum Gasteiger partial charge on any atom is 0.222 e. The lowest BCUT2D eigenvalue weighted by Crippen LogP contribution is -1.98. The second kappa shape index (κ2) is 4.69. The van der Waals surface area contributed by atoms with Crippen LogP contribution in [0, 0.1) is 0 Å². The Hall–Kier alpha value is -2.83. The fourth-order valence-electron chi connectivity index (χ4n) is 2.02. The summed E-state index contributed by atoms with van der Waals surface area (Å²) in [7, 11) is 3.20. The highest BCUT2D eigenvalue weighted by atomic mass is 16.5. The molecule has 0 aliphatic heterocycles. The predicted octanol–water partition coefficient (Wildman–Crippen LogP) is 1.62. The first-order valence-corrected chi connectivity index (χ1v) is 5.91. The van der Waals surface area contributed by atoms with Crippen molar-refractivity contribution < 1.29 is 9.47 Å². The van der Waals surface area contributed by atoms with Gasteiger partial charge in [0.1, 0.15) is 11.5 Å². The van der Waals surface area contributed by atoms with Gasteiger partial charge in [0, 0.05) is 11.6 Å². The van der Waals surface area contributed by atoms with Gasteiger partial charge in [-0.15, -0.1) is 0 Å². The molecule has 2 aromatic heterocycles. The van der Waals surface area contributed by atoms with Crippen molar-refractivity contribution in [3.05, 3.63) is 24.4 Å². The van der Waals surface area contributed by atoms with Crippen LogP contribution in [0.2, 0.25) is 0 Å². The summed E-state index contributed by atoms with van der Waals surface area (Å²) < 4.78 is 10.5. The zero-order valence-electron chi connectivity index (χ0n) is 11.0. The second-order valence-corrected chi connectivity index (χ2v) is 4.16. The molecule has 0 aliphatic carbocycles. The molecular weight excluding hydrogens is 258 g/mol. The number of anilines is 1. The van der Waals surface area contributed by atoms with E-state index in [1.54, 1.807) is 26.5 Å². The molecule has 7 heteroatoms. The first-order valence-electron chi connectivity index (χ1n) is 5.91. The normalized spacial score (nSPS) is 10.7. The molecule has 0 atom stereocenters. The minimum atomic E-state index is 0.179. The van der Waals surface area contributed by atoms with Gasteiger partial charge in [-0.3, -0.25) is 5.10 Å². The quantitative estimate of drug-likeness (QED) is 0.751. The van der Waals surface area contributed by atoms with Crippen LogP contribution in [0.4, 0.5) is 5.95 Å². The SMILES string of the molecule is COc1cc(OC)cc(-c2nc(N)nc3[nH]ncc23)c1. The molecule has 0 bridgehead atoms. The predicted molar refractivity (Wildman–Crippen MR) is 74.6 cm³/mol. The fraction of sp³-hybridized carbons (Fsp3) is 0.154. The molecule has 0 fully saturated rings. The summed E-state index contributed by atoms with van der Waals surface area (Å²) in [6, 6.07) is 5.51. The van der Waals surface area contributed by atoms with E-state index in [-0.39, 0.29) is 5.95 Å². The van der Waals surface area contributed by atoms with Gasteiger partial charge in [0.15, 0.2) is 5.65 Å². The van der Waals surface area contributed by atoms with Crippen LogP contribution in [0.3, 0.4) is 0 Å². The average Bonchev–Trinajstić information content (AvgIpc) is 2.93. The van der Waals surface area contributed by atoms with Crippen molar-refractivity contribution in [1.29, 1.82) is 0 Å². The number of benzene rings is 1. The molecule has 1 aromatic carbocycles. The van der Waals surface area contributed by atoms with Crippen molar-refractivity contribution in [2.75, 3.05) is 20.0 Å². The molecule has 0 unspecified atom stereocenters. The first-order chi connectivity index (χ1) is 9.71. The summed E-state index contributed by atoms with van der Waals surface area (Å²) in [5.41, 5.74) is 7.82. The van der Waals surface area contributed by atoms with Gasteiger partial charge in [0.25, 0.3) is 0 Å². The van der Waals surface area contributed by atoms with Gasteiger partial charge in [-0.2, -0.15) is 10.1 Å². The van der Waals surface area contributed by atoms with Crippen molar-refractivity contribution in [1.82, 2.24) is 20.2 Å². The Bertz CT molecular complexity index is 746. The lowest BCUT2D eigenvalue weighted by molar-refractivity contribution is 0.394. The zero-order valence-corrected chi connectivity index (χ0v) is 11.0. The summed E-state index contributed by atoms with van der Waals surface area (Å²) in [6.45, 7) is 0. The number of rotatable bonds is 3. The number of nitrogens with one attached hydrogen (secondary N) is 1. The van der Waals surface area contributed by atoms with Crippen molar-refractivity contribution >= 4 is 17.0 Å². The lowest BCUT2D eigenvalue weighted by atomic mass is 10.1. The number of fused-ring (bicyclic) bond motifs is 1. The minimum Gasteiger partial charge on any atom is -0.497 e. The molecule has 3 rings (SSSR count). The molecule has 7 nitrogen and oxygen atoms in total. The average molecular weight is 271 g/mol. The number of hydrogen-bond acceptors (Lipinski definition) is 6. The number of methoxy groups -OCH3 is 2. The van der Waals surface area contributed by atoms with Crippen LogP contribution in [0.1, 0.15) is 0 Å². The number of nitrogens with zero attached hydrogens (tertiary/aromatic N) is 3. The van der Waals surface area contributed by atoms with Crippen LogP contribution < -0.4 is 15.2 Å². The molecule has 20 heavy (non-hydrogen) atoms. The van der Waals surface area contributed by atoms with Gasteiger partial charge in [0.2, 0.25) is 5.95 Å². The molecule has 0 amide bonds. The molecule has 0 saturated carbocycles. The summed E-state index contributed by atoms with van der Waals surface area (Å²) in [5, 5.41) is 7.54.